The molecule has 0 spiro atoms. The number of amides is 1. The molecule has 2 aliphatic heterocycles. The number of aromatic nitrogens is 3. The molecule has 4 heterocycles. The van der Waals surface area contributed by atoms with Crippen molar-refractivity contribution in [2.45, 2.75) is 51.9 Å². The molecule has 0 aliphatic carbocycles. The van der Waals surface area contributed by atoms with Gasteiger partial charge in [0.05, 0.1) is 13.2 Å². The molecule has 8 heteroatoms. The van der Waals surface area contributed by atoms with Gasteiger partial charge in [-0.15, -0.1) is 0 Å². The van der Waals surface area contributed by atoms with E-state index in [1.807, 2.05) is 4.68 Å². The van der Waals surface area contributed by atoms with Crippen molar-refractivity contribution in [3.05, 3.63) is 53.0 Å². The summed E-state index contributed by atoms with van der Waals surface area (Å²) in [5.41, 5.74) is 5.41. The number of carbonyl (C=O) groups excluding carboxylic acids is 1. The van der Waals surface area contributed by atoms with Crippen molar-refractivity contribution >= 4 is 16.8 Å². The van der Waals surface area contributed by atoms with Crippen molar-refractivity contribution in [1.29, 1.82) is 0 Å². The standard InChI is InChI=1S/C27H38N6O2/c1-4-32-12-7-8-21(32)16-28-27(34)26-23-19-31(13-11-25(23)33(29-26)14-15-35-3)18-20-17-30(2)24-10-6-5-9-22(20)24/h5-6,9-10,17,21H,4,7-8,11-16,18-19H2,1-3H3,(H,28,34). The molecule has 2 aliphatic rings. The number of methoxy groups -OCH3 is 1. The lowest BCUT2D eigenvalue weighted by Crippen LogP contribution is -2.40. The van der Waals surface area contributed by atoms with Gasteiger partial charge in [0.25, 0.3) is 5.91 Å². The number of fused-ring (bicyclic) bond motifs is 2. The van der Waals surface area contributed by atoms with Crippen LogP contribution in [0.15, 0.2) is 30.5 Å². The highest BCUT2D eigenvalue weighted by molar-refractivity contribution is 5.94. The van der Waals surface area contributed by atoms with E-state index in [0.29, 0.717) is 31.4 Å². The molecular weight excluding hydrogens is 440 g/mol. The molecule has 8 nitrogen and oxygen atoms in total. The van der Waals surface area contributed by atoms with Crippen LogP contribution in [0.4, 0.5) is 0 Å². The third kappa shape index (κ3) is 4.87. The number of para-hydroxylation sites is 1. The van der Waals surface area contributed by atoms with Gasteiger partial charge in [-0.25, -0.2) is 0 Å². The Kier molecular flexibility index (Phi) is 7.22. The highest BCUT2D eigenvalue weighted by atomic mass is 16.5. The van der Waals surface area contributed by atoms with E-state index in [1.54, 1.807) is 7.11 Å². The molecule has 35 heavy (non-hydrogen) atoms. The quantitative estimate of drug-likeness (QED) is 0.512. The molecule has 188 valence electrons. The van der Waals surface area contributed by atoms with Crippen LogP contribution in [0, 0.1) is 0 Å². The topological polar surface area (TPSA) is 67.6 Å². The lowest BCUT2D eigenvalue weighted by molar-refractivity contribution is 0.0932. The predicted molar refractivity (Wildman–Crippen MR) is 137 cm³/mol. The van der Waals surface area contributed by atoms with Crippen molar-refractivity contribution in [1.82, 2.24) is 29.5 Å². The van der Waals surface area contributed by atoms with Crippen LogP contribution in [0.3, 0.4) is 0 Å². The monoisotopic (exact) mass is 478 g/mol. The minimum atomic E-state index is -0.0487. The van der Waals surface area contributed by atoms with Gasteiger partial charge in [-0.1, -0.05) is 25.1 Å². The Bertz CT molecular complexity index is 1180. The van der Waals surface area contributed by atoms with Crippen LogP contribution in [0.25, 0.3) is 10.9 Å². The first-order valence-electron chi connectivity index (χ1n) is 12.9. The zero-order valence-electron chi connectivity index (χ0n) is 21.3. The van der Waals surface area contributed by atoms with Gasteiger partial charge in [0.2, 0.25) is 0 Å². The van der Waals surface area contributed by atoms with Crippen LogP contribution in [0.1, 0.15) is 47.1 Å². The third-order valence-corrected chi connectivity index (χ3v) is 7.71. The summed E-state index contributed by atoms with van der Waals surface area (Å²) < 4.78 is 9.51. The first-order chi connectivity index (χ1) is 17.1. The van der Waals surface area contributed by atoms with Gasteiger partial charge < -0.3 is 14.6 Å². The lowest BCUT2D eigenvalue weighted by Gasteiger charge is -2.27. The largest absolute Gasteiger partial charge is 0.383 e. The summed E-state index contributed by atoms with van der Waals surface area (Å²) in [6, 6.07) is 8.98. The van der Waals surface area contributed by atoms with E-state index in [2.05, 4.69) is 64.1 Å². The normalized spacial score (nSPS) is 18.9. The summed E-state index contributed by atoms with van der Waals surface area (Å²) in [7, 11) is 3.81. The number of hydrogen-bond acceptors (Lipinski definition) is 5. The number of likely N-dealkylation sites (N-methyl/N-ethyl adjacent to an activating group) is 1. The Hall–Kier alpha value is -2.68. The minimum Gasteiger partial charge on any atom is -0.383 e. The third-order valence-electron chi connectivity index (χ3n) is 7.71. The van der Waals surface area contributed by atoms with Crippen molar-refractivity contribution in [2.24, 2.45) is 7.05 Å². The molecule has 3 aromatic rings. The maximum Gasteiger partial charge on any atom is 0.272 e. The number of ether oxygens (including phenoxy) is 1. The molecule has 1 atom stereocenters. The number of likely N-dealkylation sites (tertiary alicyclic amines) is 1. The van der Waals surface area contributed by atoms with Crippen molar-refractivity contribution < 1.29 is 9.53 Å². The average molecular weight is 479 g/mol. The molecule has 0 radical (unpaired) electrons. The SMILES string of the molecule is CCN1CCCC1CNC(=O)c1nn(CCOC)c2c1CN(Cc1cn(C)c3ccccc13)CC2. The highest BCUT2D eigenvalue weighted by Gasteiger charge is 2.30. The van der Waals surface area contributed by atoms with Crippen molar-refractivity contribution in [2.75, 3.05) is 39.9 Å². The lowest BCUT2D eigenvalue weighted by atomic mass is 10.0. The van der Waals surface area contributed by atoms with E-state index >= 15 is 0 Å². The Labute approximate surface area is 207 Å². The predicted octanol–water partition coefficient (Wildman–Crippen LogP) is 2.79. The molecule has 1 fully saturated rings. The fraction of sp³-hybridized carbons (Fsp3) is 0.556. The van der Waals surface area contributed by atoms with E-state index in [0.717, 1.165) is 51.1 Å². The first kappa shape index (κ1) is 24.0. The van der Waals surface area contributed by atoms with Crippen molar-refractivity contribution in [3.8, 4) is 0 Å². The van der Waals surface area contributed by atoms with Crippen LogP contribution in [-0.2, 0) is 37.8 Å². The van der Waals surface area contributed by atoms with E-state index in [-0.39, 0.29) is 5.91 Å². The second-order valence-electron chi connectivity index (χ2n) is 9.87. The molecule has 1 aromatic carbocycles. The van der Waals surface area contributed by atoms with Gasteiger partial charge in [0, 0.05) is 81.2 Å². The zero-order valence-corrected chi connectivity index (χ0v) is 21.3. The number of rotatable bonds is 9. The maximum atomic E-state index is 13.3. The molecule has 2 aromatic heterocycles. The molecule has 0 bridgehead atoms. The Morgan fingerprint density at radius 2 is 2.11 bits per heavy atom. The number of carbonyl (C=O) groups is 1. The average Bonchev–Trinajstić information content (AvgIpc) is 3.57. The molecule has 1 N–H and O–H groups in total. The number of aryl methyl sites for hydroxylation is 1. The van der Waals surface area contributed by atoms with E-state index in [1.165, 1.54) is 28.6 Å². The number of nitrogens with one attached hydrogen (secondary N) is 1. The van der Waals surface area contributed by atoms with Crippen LogP contribution in [0.2, 0.25) is 0 Å². The second-order valence-corrected chi connectivity index (χ2v) is 9.87. The van der Waals surface area contributed by atoms with Gasteiger partial charge >= 0.3 is 0 Å². The highest BCUT2D eigenvalue weighted by Crippen LogP contribution is 2.27. The van der Waals surface area contributed by atoms with Crippen molar-refractivity contribution in [3.63, 3.8) is 0 Å². The molecule has 1 unspecified atom stereocenters. The van der Waals surface area contributed by atoms with Gasteiger partial charge in [-0.3, -0.25) is 19.3 Å². The number of nitrogens with zero attached hydrogens (tertiary/aromatic N) is 5. The summed E-state index contributed by atoms with van der Waals surface area (Å²) in [5, 5.41) is 9.29. The van der Waals surface area contributed by atoms with Crippen LogP contribution >= 0.6 is 0 Å². The van der Waals surface area contributed by atoms with E-state index in [4.69, 9.17) is 9.84 Å². The summed E-state index contributed by atoms with van der Waals surface area (Å²) in [4.78, 5) is 18.2. The summed E-state index contributed by atoms with van der Waals surface area (Å²) in [6.45, 7) is 8.83. The summed E-state index contributed by atoms with van der Waals surface area (Å²) >= 11 is 0. The fourth-order valence-electron chi connectivity index (χ4n) is 5.86. The Morgan fingerprint density at radius 3 is 2.94 bits per heavy atom. The second kappa shape index (κ2) is 10.5. The summed E-state index contributed by atoms with van der Waals surface area (Å²) in [6.07, 6.45) is 5.47. The molecule has 0 saturated carbocycles. The Balaban J connectivity index is 1.35. The van der Waals surface area contributed by atoms with Crippen LogP contribution in [-0.4, -0.2) is 76.0 Å². The molecule has 1 amide bonds. The molecular formula is C27H38N6O2. The Morgan fingerprint density at radius 1 is 1.26 bits per heavy atom. The number of hydrogen-bond donors (Lipinski definition) is 1. The van der Waals surface area contributed by atoms with Gasteiger partial charge in [-0.05, 0) is 37.6 Å². The van der Waals surface area contributed by atoms with E-state index < -0.39 is 0 Å². The first-order valence-corrected chi connectivity index (χ1v) is 12.9. The van der Waals surface area contributed by atoms with Crippen LogP contribution in [0.5, 0.6) is 0 Å². The summed E-state index contributed by atoms with van der Waals surface area (Å²) in [5.74, 6) is -0.0487. The van der Waals surface area contributed by atoms with E-state index in [9.17, 15) is 4.79 Å². The maximum absolute atomic E-state index is 13.3. The van der Waals surface area contributed by atoms with Gasteiger partial charge in [0.15, 0.2) is 5.69 Å². The molecule has 1 saturated heterocycles. The minimum absolute atomic E-state index is 0.0487. The van der Waals surface area contributed by atoms with Gasteiger partial charge in [-0.2, -0.15) is 5.10 Å². The van der Waals surface area contributed by atoms with Crippen LogP contribution < -0.4 is 5.32 Å². The molecule has 5 rings (SSSR count). The smallest absolute Gasteiger partial charge is 0.272 e. The number of benzene rings is 1. The van der Waals surface area contributed by atoms with Gasteiger partial charge in [0.1, 0.15) is 0 Å². The zero-order chi connectivity index (χ0) is 24.4. The fourth-order valence-corrected chi connectivity index (χ4v) is 5.86.